The van der Waals surface area contributed by atoms with Crippen molar-refractivity contribution in [2.75, 3.05) is 11.9 Å². The molecule has 0 bridgehead atoms. The molecule has 0 saturated carbocycles. The zero-order valence-corrected chi connectivity index (χ0v) is 14.5. The maximum Gasteiger partial charge on any atom is 0.264 e. The SMILES string of the molecule is CCCCc1nnc2sc(NC(=O)COc3ccccc3C)nn12. The molecule has 0 fully saturated rings. The quantitative estimate of drug-likeness (QED) is 0.712. The molecular formula is C16H19N5O2S. The van der Waals surface area contributed by atoms with Crippen molar-refractivity contribution in [3.63, 3.8) is 0 Å². The number of amides is 1. The van der Waals surface area contributed by atoms with Crippen LogP contribution in [0.2, 0.25) is 0 Å². The number of nitrogens with zero attached hydrogens (tertiary/aromatic N) is 4. The summed E-state index contributed by atoms with van der Waals surface area (Å²) in [5.41, 5.74) is 0.990. The molecule has 0 aliphatic rings. The van der Waals surface area contributed by atoms with Gasteiger partial charge in [0.25, 0.3) is 5.91 Å². The summed E-state index contributed by atoms with van der Waals surface area (Å²) >= 11 is 1.30. The Bertz CT molecular complexity index is 842. The third-order valence-electron chi connectivity index (χ3n) is 3.51. The molecule has 7 nitrogen and oxygen atoms in total. The summed E-state index contributed by atoms with van der Waals surface area (Å²) < 4.78 is 7.23. The van der Waals surface area contributed by atoms with Crippen LogP contribution in [0, 0.1) is 6.92 Å². The number of hydrogen-bond acceptors (Lipinski definition) is 6. The second kappa shape index (κ2) is 7.39. The van der Waals surface area contributed by atoms with Crippen molar-refractivity contribution in [3.8, 4) is 5.75 Å². The van der Waals surface area contributed by atoms with E-state index in [-0.39, 0.29) is 12.5 Å². The van der Waals surface area contributed by atoms with Gasteiger partial charge in [0.05, 0.1) is 0 Å². The molecule has 0 aliphatic carbocycles. The maximum absolute atomic E-state index is 12.0. The molecule has 126 valence electrons. The third kappa shape index (κ3) is 3.70. The van der Waals surface area contributed by atoms with Crippen molar-refractivity contribution in [1.82, 2.24) is 19.8 Å². The van der Waals surface area contributed by atoms with Crippen molar-refractivity contribution in [3.05, 3.63) is 35.7 Å². The van der Waals surface area contributed by atoms with Gasteiger partial charge in [0.15, 0.2) is 12.4 Å². The van der Waals surface area contributed by atoms with Crippen LogP contribution in [-0.4, -0.2) is 32.3 Å². The minimum atomic E-state index is -0.252. The summed E-state index contributed by atoms with van der Waals surface area (Å²) in [7, 11) is 0. The number of anilines is 1. The van der Waals surface area contributed by atoms with Crippen LogP contribution in [0.4, 0.5) is 5.13 Å². The van der Waals surface area contributed by atoms with Crippen LogP contribution >= 0.6 is 11.3 Å². The van der Waals surface area contributed by atoms with Gasteiger partial charge in [-0.25, -0.2) is 0 Å². The molecule has 0 aliphatic heterocycles. The number of unbranched alkanes of at least 4 members (excludes halogenated alkanes) is 1. The highest BCUT2D eigenvalue weighted by Crippen LogP contribution is 2.20. The van der Waals surface area contributed by atoms with Gasteiger partial charge in [0.2, 0.25) is 10.1 Å². The smallest absolute Gasteiger partial charge is 0.264 e. The predicted octanol–water partition coefficient (Wildman–Crippen LogP) is 2.85. The standard InChI is InChI=1S/C16H19N5O2S/c1-3-4-9-13-18-19-16-21(13)20-15(24-16)17-14(22)10-23-12-8-6-5-7-11(12)2/h5-8H,3-4,9-10H2,1-2H3,(H,17,20,22). The van der Waals surface area contributed by atoms with Crippen molar-refractivity contribution < 1.29 is 9.53 Å². The second-order valence-electron chi connectivity index (χ2n) is 5.42. The van der Waals surface area contributed by atoms with Crippen LogP contribution in [0.15, 0.2) is 24.3 Å². The molecule has 8 heteroatoms. The highest BCUT2D eigenvalue weighted by Gasteiger charge is 2.13. The molecule has 2 heterocycles. The summed E-state index contributed by atoms with van der Waals surface area (Å²) in [5.74, 6) is 1.27. The summed E-state index contributed by atoms with van der Waals surface area (Å²) in [5, 5.41) is 15.8. The number of benzene rings is 1. The van der Waals surface area contributed by atoms with E-state index in [1.165, 1.54) is 11.3 Å². The number of ether oxygens (including phenoxy) is 1. The fourth-order valence-corrected chi connectivity index (χ4v) is 2.99. The molecule has 0 saturated heterocycles. The largest absolute Gasteiger partial charge is 0.483 e. The zero-order chi connectivity index (χ0) is 16.9. The Morgan fingerprint density at radius 1 is 1.33 bits per heavy atom. The van der Waals surface area contributed by atoms with E-state index in [0.29, 0.717) is 15.8 Å². The highest BCUT2D eigenvalue weighted by atomic mass is 32.1. The Morgan fingerprint density at radius 3 is 2.96 bits per heavy atom. The van der Waals surface area contributed by atoms with Gasteiger partial charge < -0.3 is 4.74 Å². The van der Waals surface area contributed by atoms with E-state index in [1.807, 2.05) is 31.2 Å². The van der Waals surface area contributed by atoms with Crippen LogP contribution in [0.3, 0.4) is 0 Å². The Labute approximate surface area is 143 Å². The normalized spacial score (nSPS) is 10.9. The fraction of sp³-hybridized carbons (Fsp3) is 0.375. The Morgan fingerprint density at radius 2 is 2.17 bits per heavy atom. The minimum absolute atomic E-state index is 0.0618. The molecule has 2 aromatic heterocycles. The van der Waals surface area contributed by atoms with E-state index in [0.717, 1.165) is 30.7 Å². The molecule has 0 spiro atoms. The molecule has 24 heavy (non-hydrogen) atoms. The van der Waals surface area contributed by atoms with Crippen LogP contribution in [-0.2, 0) is 11.2 Å². The lowest BCUT2D eigenvalue weighted by atomic mass is 10.2. The average molecular weight is 345 g/mol. The molecular weight excluding hydrogens is 326 g/mol. The van der Waals surface area contributed by atoms with E-state index < -0.39 is 0 Å². The number of aryl methyl sites for hydroxylation is 2. The summed E-state index contributed by atoms with van der Waals surface area (Å²) in [6.07, 6.45) is 2.94. The second-order valence-corrected chi connectivity index (χ2v) is 6.38. The Hall–Kier alpha value is -2.48. The third-order valence-corrected chi connectivity index (χ3v) is 4.32. The fourth-order valence-electron chi connectivity index (χ4n) is 2.22. The van der Waals surface area contributed by atoms with E-state index in [1.54, 1.807) is 4.52 Å². The van der Waals surface area contributed by atoms with Gasteiger partial charge >= 0.3 is 0 Å². The summed E-state index contributed by atoms with van der Waals surface area (Å²) in [6.45, 7) is 4.00. The number of para-hydroxylation sites is 1. The van der Waals surface area contributed by atoms with Gasteiger partial charge in [0.1, 0.15) is 5.75 Å². The molecule has 0 radical (unpaired) electrons. The van der Waals surface area contributed by atoms with Crippen LogP contribution in [0.25, 0.3) is 4.96 Å². The number of carbonyl (C=O) groups is 1. The highest BCUT2D eigenvalue weighted by molar-refractivity contribution is 7.20. The van der Waals surface area contributed by atoms with Crippen molar-refractivity contribution >= 4 is 27.3 Å². The molecule has 1 N–H and O–H groups in total. The summed E-state index contributed by atoms with van der Waals surface area (Å²) in [6, 6.07) is 7.58. The predicted molar refractivity (Wildman–Crippen MR) is 92.6 cm³/mol. The number of carbonyl (C=O) groups excluding carboxylic acids is 1. The molecule has 1 amide bonds. The maximum atomic E-state index is 12.0. The van der Waals surface area contributed by atoms with Crippen LogP contribution in [0.5, 0.6) is 5.75 Å². The Balaban J connectivity index is 1.61. The molecule has 0 atom stereocenters. The molecule has 3 aromatic rings. The molecule has 3 rings (SSSR count). The van der Waals surface area contributed by atoms with Gasteiger partial charge in [-0.3, -0.25) is 10.1 Å². The first-order valence-electron chi connectivity index (χ1n) is 7.86. The van der Waals surface area contributed by atoms with Crippen LogP contribution in [0.1, 0.15) is 31.2 Å². The van der Waals surface area contributed by atoms with E-state index in [9.17, 15) is 4.79 Å². The van der Waals surface area contributed by atoms with Crippen molar-refractivity contribution in [2.45, 2.75) is 33.1 Å². The summed E-state index contributed by atoms with van der Waals surface area (Å²) in [4.78, 5) is 12.7. The average Bonchev–Trinajstić information content (AvgIpc) is 3.12. The minimum Gasteiger partial charge on any atom is -0.483 e. The van der Waals surface area contributed by atoms with Gasteiger partial charge in [-0.15, -0.1) is 15.3 Å². The van der Waals surface area contributed by atoms with Crippen LogP contribution < -0.4 is 10.1 Å². The first-order valence-corrected chi connectivity index (χ1v) is 8.68. The zero-order valence-electron chi connectivity index (χ0n) is 13.7. The van der Waals surface area contributed by atoms with Crippen molar-refractivity contribution in [2.24, 2.45) is 0 Å². The number of nitrogens with one attached hydrogen (secondary N) is 1. The van der Waals surface area contributed by atoms with E-state index in [2.05, 4.69) is 27.5 Å². The van der Waals surface area contributed by atoms with E-state index in [4.69, 9.17) is 4.74 Å². The monoisotopic (exact) mass is 345 g/mol. The molecule has 0 unspecified atom stereocenters. The first kappa shape index (κ1) is 16.4. The lowest BCUT2D eigenvalue weighted by molar-refractivity contribution is -0.118. The van der Waals surface area contributed by atoms with Gasteiger partial charge in [-0.1, -0.05) is 42.9 Å². The Kier molecular flexibility index (Phi) is 5.05. The van der Waals surface area contributed by atoms with Gasteiger partial charge in [-0.05, 0) is 25.0 Å². The van der Waals surface area contributed by atoms with Crippen molar-refractivity contribution in [1.29, 1.82) is 0 Å². The number of hydrogen-bond donors (Lipinski definition) is 1. The number of fused-ring (bicyclic) bond motifs is 1. The lowest BCUT2D eigenvalue weighted by Gasteiger charge is -2.07. The van der Waals surface area contributed by atoms with Gasteiger partial charge in [0, 0.05) is 6.42 Å². The van der Waals surface area contributed by atoms with Gasteiger partial charge in [-0.2, -0.15) is 4.52 Å². The lowest BCUT2D eigenvalue weighted by Crippen LogP contribution is -2.20. The number of rotatable bonds is 7. The topological polar surface area (TPSA) is 81.4 Å². The molecule has 1 aromatic carbocycles. The van der Waals surface area contributed by atoms with E-state index >= 15 is 0 Å². The first-order chi connectivity index (χ1) is 11.7. The number of aromatic nitrogens is 4.